The molecule has 3 aromatic heterocycles. The van der Waals surface area contributed by atoms with Crippen molar-refractivity contribution in [1.29, 1.82) is 5.26 Å². The van der Waals surface area contributed by atoms with Crippen molar-refractivity contribution in [1.82, 2.24) is 29.7 Å². The van der Waals surface area contributed by atoms with Crippen molar-refractivity contribution in [2.24, 2.45) is 29.1 Å². The highest BCUT2D eigenvalue weighted by Gasteiger charge is 2.67. The van der Waals surface area contributed by atoms with Crippen LogP contribution < -0.4 is 5.32 Å². The summed E-state index contributed by atoms with van der Waals surface area (Å²) in [6, 6.07) is 4.74. The van der Waals surface area contributed by atoms with Gasteiger partial charge in [-0.1, -0.05) is 6.92 Å². The van der Waals surface area contributed by atoms with E-state index in [0.717, 1.165) is 47.8 Å². The lowest BCUT2D eigenvalue weighted by Gasteiger charge is -2.28. The lowest BCUT2D eigenvalue weighted by atomic mass is 9.80. The highest BCUT2D eigenvalue weighted by molar-refractivity contribution is 5.69. The second kappa shape index (κ2) is 6.78. The first kappa shape index (κ1) is 18.8. The monoisotopic (exact) mass is 416 g/mol. The number of nitrogens with one attached hydrogen (secondary N) is 2. The predicted molar refractivity (Wildman–Crippen MR) is 116 cm³/mol. The number of nitrogens with zero attached hydrogens (tertiary/aromatic N) is 6. The van der Waals surface area contributed by atoms with Crippen molar-refractivity contribution in [2.75, 3.05) is 5.32 Å². The van der Waals surface area contributed by atoms with Gasteiger partial charge >= 0.3 is 0 Å². The Hall–Kier alpha value is -2.95. The summed E-state index contributed by atoms with van der Waals surface area (Å²) >= 11 is 0. The van der Waals surface area contributed by atoms with Gasteiger partial charge < -0.3 is 9.88 Å². The van der Waals surface area contributed by atoms with Gasteiger partial charge in [-0.25, -0.2) is 15.0 Å². The lowest BCUT2D eigenvalue weighted by molar-refractivity contribution is 0.231. The minimum absolute atomic E-state index is 0.404. The lowest BCUT2D eigenvalue weighted by Crippen LogP contribution is -2.21. The van der Waals surface area contributed by atoms with E-state index in [1.165, 1.54) is 19.3 Å². The minimum atomic E-state index is 0.404. The summed E-state index contributed by atoms with van der Waals surface area (Å²) in [6.45, 7) is 4.38. The summed E-state index contributed by atoms with van der Waals surface area (Å²) in [5.41, 5.74) is 3.01. The first-order valence-electron chi connectivity index (χ1n) is 11.4. The molecule has 0 aromatic carbocycles. The van der Waals surface area contributed by atoms with Crippen LogP contribution in [0.15, 0.2) is 18.6 Å². The van der Waals surface area contributed by atoms with E-state index in [0.29, 0.717) is 35.3 Å². The summed E-state index contributed by atoms with van der Waals surface area (Å²) in [6.07, 6.45) is 10.4. The van der Waals surface area contributed by atoms with Crippen molar-refractivity contribution in [3.05, 3.63) is 24.3 Å². The molecule has 3 fully saturated rings. The molecule has 3 unspecified atom stereocenters. The van der Waals surface area contributed by atoms with Crippen LogP contribution in [0.4, 0.5) is 11.6 Å². The predicted octanol–water partition coefficient (Wildman–Crippen LogP) is 4.52. The van der Waals surface area contributed by atoms with Gasteiger partial charge in [-0.3, -0.25) is 5.10 Å². The van der Waals surface area contributed by atoms with Crippen LogP contribution in [0.25, 0.3) is 11.3 Å². The fourth-order valence-corrected chi connectivity index (χ4v) is 6.53. The van der Waals surface area contributed by atoms with Gasteiger partial charge in [0.15, 0.2) is 22.9 Å². The number of hydrogen-bond acceptors (Lipinski definition) is 6. The summed E-state index contributed by atoms with van der Waals surface area (Å²) in [5, 5.41) is 19.5. The number of hydrogen-bond donors (Lipinski definition) is 2. The van der Waals surface area contributed by atoms with Crippen molar-refractivity contribution in [2.45, 2.75) is 58.4 Å². The van der Waals surface area contributed by atoms with E-state index in [1.54, 1.807) is 6.20 Å². The number of rotatable bonds is 5. The molecule has 8 nitrogen and oxygen atoms in total. The van der Waals surface area contributed by atoms with Gasteiger partial charge in [0.05, 0.1) is 18.6 Å². The van der Waals surface area contributed by atoms with Crippen LogP contribution >= 0.6 is 0 Å². The van der Waals surface area contributed by atoms with E-state index in [2.05, 4.69) is 43.0 Å². The Kier molecular flexibility index (Phi) is 4.11. The molecule has 0 aliphatic heterocycles. The molecule has 0 amide bonds. The maximum absolute atomic E-state index is 9.12. The Morgan fingerprint density at radius 2 is 2.16 bits per heavy atom. The first-order valence-corrected chi connectivity index (χ1v) is 11.4. The normalized spacial score (nSPS) is 33.6. The molecule has 3 aromatic rings. The largest absolute Gasteiger partial charge is 0.322 e. The molecule has 6 atom stereocenters. The van der Waals surface area contributed by atoms with Crippen LogP contribution in [0.2, 0.25) is 0 Å². The maximum atomic E-state index is 9.12. The molecule has 3 saturated carbocycles. The van der Waals surface area contributed by atoms with E-state index in [1.807, 2.05) is 19.3 Å². The molecule has 0 bridgehead atoms. The zero-order valence-corrected chi connectivity index (χ0v) is 18.0. The third-order valence-corrected chi connectivity index (χ3v) is 8.09. The number of aromatic nitrogens is 6. The number of aryl methyl sites for hydroxylation is 1. The van der Waals surface area contributed by atoms with Crippen LogP contribution in [-0.4, -0.2) is 29.7 Å². The number of aromatic amines is 1. The van der Waals surface area contributed by atoms with E-state index in [-0.39, 0.29) is 0 Å². The van der Waals surface area contributed by atoms with Gasteiger partial charge in [0.2, 0.25) is 0 Å². The highest BCUT2D eigenvalue weighted by atomic mass is 15.2. The van der Waals surface area contributed by atoms with Gasteiger partial charge in [-0.2, -0.15) is 10.4 Å². The van der Waals surface area contributed by atoms with Crippen molar-refractivity contribution >= 4 is 22.9 Å². The van der Waals surface area contributed by atoms with E-state index < -0.39 is 0 Å². The van der Waals surface area contributed by atoms with Gasteiger partial charge in [0.25, 0.3) is 0 Å². The van der Waals surface area contributed by atoms with Gasteiger partial charge in [-0.05, 0) is 68.1 Å². The Balaban J connectivity index is 1.27. The maximum Gasteiger partial charge on any atom is 0.197 e. The fraction of sp³-hybridized carbons (Fsp3) is 0.609. The van der Waals surface area contributed by atoms with Gasteiger partial charge in [-0.15, -0.1) is 0 Å². The number of H-pyrrole nitrogens is 1. The molecule has 0 saturated heterocycles. The van der Waals surface area contributed by atoms with E-state index in [4.69, 9.17) is 10.2 Å². The van der Waals surface area contributed by atoms with Crippen molar-refractivity contribution < 1.29 is 0 Å². The molecule has 3 aliphatic carbocycles. The van der Waals surface area contributed by atoms with Gasteiger partial charge in [0.1, 0.15) is 0 Å². The SMILES string of the molecule is Cc1cc(Nc2cnc3ncn([C@H]4C[C@@H]5CC5C5(CCC#N)CC5[C@@H](C)C4)c3n2)n[nH]1. The van der Waals surface area contributed by atoms with E-state index in [9.17, 15) is 0 Å². The first-order chi connectivity index (χ1) is 15.1. The molecule has 8 heteroatoms. The van der Waals surface area contributed by atoms with Crippen LogP contribution in [-0.2, 0) is 0 Å². The number of imidazole rings is 1. The Morgan fingerprint density at radius 1 is 1.26 bits per heavy atom. The minimum Gasteiger partial charge on any atom is -0.322 e. The molecular weight excluding hydrogens is 388 g/mol. The second-order valence-corrected chi connectivity index (χ2v) is 10.0. The third kappa shape index (κ3) is 3.10. The van der Waals surface area contributed by atoms with Gasteiger partial charge in [0, 0.05) is 24.2 Å². The summed E-state index contributed by atoms with van der Waals surface area (Å²) < 4.78 is 2.26. The standard InChI is InChI=1S/C23H28N8/c1-13-6-16(8-15-9-17(15)23(4-3-5-24)10-18(13)23)31-12-26-21-22(31)28-20(11-25-21)27-19-7-14(2)29-30-19/h7,11-13,15-18H,3-4,6,8-10H2,1-2H3,(H2,27,28,29,30)/t13-,15+,16+,17?,18?,23?/m0/s1. The molecule has 0 radical (unpaired) electrons. The van der Waals surface area contributed by atoms with Crippen LogP contribution in [0.3, 0.4) is 0 Å². The third-order valence-electron chi connectivity index (χ3n) is 8.09. The molecular formula is C23H28N8. The smallest absolute Gasteiger partial charge is 0.197 e. The summed E-state index contributed by atoms with van der Waals surface area (Å²) in [7, 11) is 0. The second-order valence-electron chi connectivity index (χ2n) is 10.0. The van der Waals surface area contributed by atoms with Crippen LogP contribution in [0, 0.1) is 47.3 Å². The zero-order chi connectivity index (χ0) is 21.2. The van der Waals surface area contributed by atoms with E-state index >= 15 is 0 Å². The average Bonchev–Trinajstić information content (AvgIpc) is 3.59. The number of fused-ring (bicyclic) bond motifs is 4. The summed E-state index contributed by atoms with van der Waals surface area (Å²) in [4.78, 5) is 13.9. The topological polar surface area (TPSA) is 108 Å². The van der Waals surface area contributed by atoms with Crippen molar-refractivity contribution in [3.63, 3.8) is 0 Å². The zero-order valence-electron chi connectivity index (χ0n) is 18.0. The van der Waals surface area contributed by atoms with Crippen LogP contribution in [0.5, 0.6) is 0 Å². The number of nitriles is 1. The highest BCUT2D eigenvalue weighted by Crippen LogP contribution is 2.74. The molecule has 0 spiro atoms. The molecule has 6 rings (SSSR count). The number of anilines is 2. The molecule has 160 valence electrons. The Labute approximate surface area is 181 Å². The molecule has 3 aliphatic rings. The summed E-state index contributed by atoms with van der Waals surface area (Å²) in [5.74, 6) is 4.45. The molecule has 31 heavy (non-hydrogen) atoms. The van der Waals surface area contributed by atoms with Crippen molar-refractivity contribution in [3.8, 4) is 6.07 Å². The molecule has 2 N–H and O–H groups in total. The fourth-order valence-electron chi connectivity index (χ4n) is 6.53. The Bertz CT molecular complexity index is 1170. The van der Waals surface area contributed by atoms with Crippen LogP contribution in [0.1, 0.15) is 57.2 Å². The average molecular weight is 417 g/mol. The Morgan fingerprint density at radius 3 is 2.97 bits per heavy atom. The quantitative estimate of drug-likeness (QED) is 0.633. The molecule has 3 heterocycles.